The molecular weight excluding hydrogens is 290 g/mol. The maximum Gasteiger partial charge on any atom is 0.179 e. The summed E-state index contributed by atoms with van der Waals surface area (Å²) < 4.78 is 15.6. The Morgan fingerprint density at radius 1 is 0.952 bits per heavy atom. The Balaban J connectivity index is 2.25. The van der Waals surface area contributed by atoms with Gasteiger partial charge in [0.2, 0.25) is 0 Å². The molecule has 0 N–H and O–H groups in total. The minimum Gasteiger partial charge on any atom is -0.497 e. The van der Waals surface area contributed by atoms with Crippen LogP contribution in [-0.4, -0.2) is 27.5 Å². The van der Waals surface area contributed by atoms with Crippen molar-refractivity contribution in [3.05, 3.63) is 47.0 Å². The molecular formula is C16H16ClNO3. The Kier molecular flexibility index (Phi) is 5.06. The third-order valence-corrected chi connectivity index (χ3v) is 3.17. The van der Waals surface area contributed by atoms with E-state index in [1.165, 1.54) is 0 Å². The molecule has 21 heavy (non-hydrogen) atoms. The van der Waals surface area contributed by atoms with Crippen LogP contribution in [-0.2, 0) is 0 Å². The number of benzene rings is 2. The van der Waals surface area contributed by atoms with Crippen molar-refractivity contribution in [1.82, 2.24) is 0 Å². The first-order valence-corrected chi connectivity index (χ1v) is 6.65. The zero-order valence-electron chi connectivity index (χ0n) is 12.1. The molecule has 110 valence electrons. The van der Waals surface area contributed by atoms with Crippen LogP contribution in [0.1, 0.15) is 5.56 Å². The van der Waals surface area contributed by atoms with Gasteiger partial charge in [-0.2, -0.15) is 0 Å². The Bertz CT molecular complexity index is 639. The molecule has 0 aromatic heterocycles. The number of ether oxygens (including phenoxy) is 3. The Morgan fingerprint density at radius 3 is 2.24 bits per heavy atom. The first kappa shape index (κ1) is 15.2. The van der Waals surface area contributed by atoms with Gasteiger partial charge in [-0.25, -0.2) is 0 Å². The van der Waals surface area contributed by atoms with E-state index in [9.17, 15) is 0 Å². The number of halogens is 1. The number of methoxy groups -OCH3 is 3. The van der Waals surface area contributed by atoms with E-state index in [1.807, 2.05) is 30.3 Å². The predicted octanol–water partition coefficient (Wildman–Crippen LogP) is 4.12. The van der Waals surface area contributed by atoms with Crippen LogP contribution in [0, 0.1) is 0 Å². The highest BCUT2D eigenvalue weighted by Gasteiger charge is 2.09. The van der Waals surface area contributed by atoms with Crippen LogP contribution in [0.3, 0.4) is 0 Å². The summed E-state index contributed by atoms with van der Waals surface area (Å²) in [6, 6.07) is 11.0. The van der Waals surface area contributed by atoms with Crippen LogP contribution in [0.2, 0.25) is 5.02 Å². The van der Waals surface area contributed by atoms with E-state index < -0.39 is 0 Å². The summed E-state index contributed by atoms with van der Waals surface area (Å²) in [6.07, 6.45) is 1.72. The molecule has 4 nitrogen and oxygen atoms in total. The summed E-state index contributed by atoms with van der Waals surface area (Å²) >= 11 is 6.15. The number of nitrogens with zero attached hydrogens (tertiary/aromatic N) is 1. The van der Waals surface area contributed by atoms with Crippen molar-refractivity contribution >= 4 is 23.5 Å². The van der Waals surface area contributed by atoms with Crippen molar-refractivity contribution in [1.29, 1.82) is 0 Å². The van der Waals surface area contributed by atoms with E-state index in [-0.39, 0.29) is 0 Å². The molecule has 0 unspecified atom stereocenters. The van der Waals surface area contributed by atoms with Crippen molar-refractivity contribution in [2.45, 2.75) is 0 Å². The van der Waals surface area contributed by atoms with Crippen LogP contribution in [0.15, 0.2) is 41.4 Å². The molecule has 0 aliphatic carbocycles. The van der Waals surface area contributed by atoms with E-state index in [0.29, 0.717) is 16.5 Å². The molecule has 0 spiro atoms. The lowest BCUT2D eigenvalue weighted by atomic mass is 10.2. The number of hydrogen-bond donors (Lipinski definition) is 0. The van der Waals surface area contributed by atoms with Crippen molar-refractivity contribution in [3.8, 4) is 17.2 Å². The third kappa shape index (κ3) is 3.67. The molecule has 2 aromatic rings. The molecule has 0 bridgehead atoms. The summed E-state index contributed by atoms with van der Waals surface area (Å²) in [7, 11) is 4.75. The van der Waals surface area contributed by atoms with E-state index in [4.69, 9.17) is 25.8 Å². The first-order chi connectivity index (χ1) is 10.2. The van der Waals surface area contributed by atoms with Crippen LogP contribution < -0.4 is 14.2 Å². The smallest absolute Gasteiger partial charge is 0.179 e. The van der Waals surface area contributed by atoms with Crippen molar-refractivity contribution in [2.75, 3.05) is 21.3 Å². The average molecular weight is 306 g/mol. The predicted molar refractivity (Wildman–Crippen MR) is 84.8 cm³/mol. The van der Waals surface area contributed by atoms with Crippen molar-refractivity contribution < 1.29 is 14.2 Å². The molecule has 0 saturated heterocycles. The van der Waals surface area contributed by atoms with E-state index in [0.717, 1.165) is 17.0 Å². The van der Waals surface area contributed by atoms with Crippen LogP contribution >= 0.6 is 11.6 Å². The molecule has 0 fully saturated rings. The molecule has 0 amide bonds. The number of aliphatic imine (C=N–C) groups is 1. The largest absolute Gasteiger partial charge is 0.497 e. The topological polar surface area (TPSA) is 40.0 Å². The standard InChI is InChI=1S/C16H16ClNO3/c1-19-13-6-4-12(5-7-13)18-10-11-8-14(17)16(21-3)15(9-11)20-2/h4-10H,1-3H3. The molecule has 2 rings (SSSR count). The van der Waals surface area contributed by atoms with Crippen LogP contribution in [0.25, 0.3) is 0 Å². The van der Waals surface area contributed by atoms with E-state index in [1.54, 1.807) is 33.6 Å². The normalized spacial score (nSPS) is 10.7. The fraction of sp³-hybridized carbons (Fsp3) is 0.188. The Labute approximate surface area is 128 Å². The second kappa shape index (κ2) is 6.99. The third-order valence-electron chi connectivity index (χ3n) is 2.89. The highest BCUT2D eigenvalue weighted by Crippen LogP contribution is 2.35. The van der Waals surface area contributed by atoms with Gasteiger partial charge in [-0.15, -0.1) is 0 Å². The quantitative estimate of drug-likeness (QED) is 0.780. The zero-order chi connectivity index (χ0) is 15.2. The van der Waals surface area contributed by atoms with Crippen LogP contribution in [0.4, 0.5) is 5.69 Å². The summed E-state index contributed by atoms with van der Waals surface area (Å²) in [6.45, 7) is 0. The molecule has 0 radical (unpaired) electrons. The Hall–Kier alpha value is -2.20. The van der Waals surface area contributed by atoms with Crippen molar-refractivity contribution in [3.63, 3.8) is 0 Å². The maximum absolute atomic E-state index is 6.15. The highest BCUT2D eigenvalue weighted by atomic mass is 35.5. The second-order valence-corrected chi connectivity index (χ2v) is 4.60. The fourth-order valence-electron chi connectivity index (χ4n) is 1.83. The van der Waals surface area contributed by atoms with E-state index in [2.05, 4.69) is 4.99 Å². The summed E-state index contributed by atoms with van der Waals surface area (Å²) in [5, 5.41) is 0.480. The summed E-state index contributed by atoms with van der Waals surface area (Å²) in [5.74, 6) is 1.88. The number of hydrogen-bond acceptors (Lipinski definition) is 4. The average Bonchev–Trinajstić information content (AvgIpc) is 2.52. The lowest BCUT2D eigenvalue weighted by molar-refractivity contribution is 0.355. The lowest BCUT2D eigenvalue weighted by Gasteiger charge is -2.09. The maximum atomic E-state index is 6.15. The van der Waals surface area contributed by atoms with Gasteiger partial charge in [-0.1, -0.05) is 11.6 Å². The monoisotopic (exact) mass is 305 g/mol. The number of rotatable bonds is 5. The van der Waals surface area contributed by atoms with E-state index >= 15 is 0 Å². The lowest BCUT2D eigenvalue weighted by Crippen LogP contribution is -1.93. The van der Waals surface area contributed by atoms with Gasteiger partial charge in [-0.05, 0) is 42.0 Å². The molecule has 5 heteroatoms. The molecule has 0 heterocycles. The van der Waals surface area contributed by atoms with Gasteiger partial charge in [0.05, 0.1) is 32.0 Å². The fourth-order valence-corrected chi connectivity index (χ4v) is 2.13. The second-order valence-electron chi connectivity index (χ2n) is 4.19. The van der Waals surface area contributed by atoms with Gasteiger partial charge in [-0.3, -0.25) is 4.99 Å². The Morgan fingerprint density at radius 2 is 1.67 bits per heavy atom. The minimum atomic E-state index is 0.480. The molecule has 0 atom stereocenters. The first-order valence-electron chi connectivity index (χ1n) is 6.27. The van der Waals surface area contributed by atoms with Gasteiger partial charge in [0.1, 0.15) is 5.75 Å². The zero-order valence-corrected chi connectivity index (χ0v) is 12.8. The van der Waals surface area contributed by atoms with Gasteiger partial charge >= 0.3 is 0 Å². The van der Waals surface area contributed by atoms with Gasteiger partial charge in [0, 0.05) is 6.21 Å². The SMILES string of the molecule is COc1ccc(N=Cc2cc(Cl)c(OC)c(OC)c2)cc1. The molecule has 0 saturated carbocycles. The molecule has 0 aliphatic rings. The molecule has 2 aromatic carbocycles. The van der Waals surface area contributed by atoms with Crippen molar-refractivity contribution in [2.24, 2.45) is 4.99 Å². The van der Waals surface area contributed by atoms with Gasteiger partial charge in [0.25, 0.3) is 0 Å². The minimum absolute atomic E-state index is 0.480. The van der Waals surface area contributed by atoms with Gasteiger partial charge < -0.3 is 14.2 Å². The van der Waals surface area contributed by atoms with Gasteiger partial charge in [0.15, 0.2) is 11.5 Å². The summed E-state index contributed by atoms with van der Waals surface area (Å²) in [5.41, 5.74) is 1.65. The van der Waals surface area contributed by atoms with Crippen LogP contribution in [0.5, 0.6) is 17.2 Å². The molecule has 0 aliphatic heterocycles. The highest BCUT2D eigenvalue weighted by molar-refractivity contribution is 6.32. The summed E-state index contributed by atoms with van der Waals surface area (Å²) in [4.78, 5) is 4.39.